The third-order valence-electron chi connectivity index (χ3n) is 2.86. The molecule has 1 heterocycles. The van der Waals surface area contributed by atoms with Gasteiger partial charge in [0.15, 0.2) is 17.3 Å². The van der Waals surface area contributed by atoms with Crippen LogP contribution in [0.25, 0.3) is 0 Å². The number of benzene rings is 1. The lowest BCUT2D eigenvalue weighted by Gasteiger charge is -2.11. The normalized spacial score (nSPS) is 10.4. The zero-order valence-corrected chi connectivity index (χ0v) is 12.5. The number of aromatic nitrogens is 3. The fourth-order valence-corrected chi connectivity index (χ4v) is 1.97. The number of hydrogen-bond acceptors (Lipinski definition) is 5. The van der Waals surface area contributed by atoms with Crippen LogP contribution in [0.3, 0.4) is 0 Å². The lowest BCUT2D eigenvalue weighted by molar-refractivity contribution is 0.0991. The van der Waals surface area contributed by atoms with Gasteiger partial charge in [0.25, 0.3) is 0 Å². The van der Waals surface area contributed by atoms with Crippen molar-refractivity contribution < 1.29 is 14.3 Å². The second kappa shape index (κ2) is 6.88. The quantitative estimate of drug-likeness (QED) is 0.730. The Morgan fingerprint density at radius 1 is 1.19 bits per heavy atom. The molecule has 0 atom stereocenters. The second-order valence-corrected chi connectivity index (χ2v) is 4.51. The van der Waals surface area contributed by atoms with Gasteiger partial charge < -0.3 is 9.47 Å². The molecule has 2 rings (SSSR count). The number of aryl methyl sites for hydroxylation is 1. The molecule has 2 aromatic rings. The highest BCUT2D eigenvalue weighted by Crippen LogP contribution is 2.29. The van der Waals surface area contributed by atoms with Crippen molar-refractivity contribution in [1.29, 1.82) is 0 Å². The molecule has 0 aliphatic heterocycles. The number of ether oxygens (including phenoxy) is 2. The van der Waals surface area contributed by atoms with Crippen LogP contribution in [0, 0.1) is 0 Å². The van der Waals surface area contributed by atoms with Gasteiger partial charge in [-0.25, -0.2) is 0 Å². The molecule has 0 saturated carbocycles. The summed E-state index contributed by atoms with van der Waals surface area (Å²) in [4.78, 5) is 12.3. The molecule has 6 heteroatoms. The van der Waals surface area contributed by atoms with Crippen LogP contribution in [-0.4, -0.2) is 34.0 Å². The highest BCUT2D eigenvalue weighted by molar-refractivity contribution is 5.97. The predicted octanol–water partition coefficient (Wildman–Crippen LogP) is 2.04. The van der Waals surface area contributed by atoms with Crippen molar-refractivity contribution in [1.82, 2.24) is 15.0 Å². The van der Waals surface area contributed by atoms with Gasteiger partial charge in [0, 0.05) is 18.8 Å². The van der Waals surface area contributed by atoms with Gasteiger partial charge in [0.2, 0.25) is 0 Å². The molecule has 0 aliphatic rings. The number of Topliss-reactive ketones (excluding diaryl/α,β-unsaturated/α-hetero) is 1. The Morgan fingerprint density at radius 3 is 2.52 bits per heavy atom. The van der Waals surface area contributed by atoms with Crippen LogP contribution < -0.4 is 9.47 Å². The van der Waals surface area contributed by atoms with Gasteiger partial charge in [-0.05, 0) is 32.0 Å². The van der Waals surface area contributed by atoms with E-state index in [0.717, 1.165) is 0 Å². The number of hydrogen-bond donors (Lipinski definition) is 0. The van der Waals surface area contributed by atoms with Crippen molar-refractivity contribution in [2.45, 2.75) is 20.3 Å². The first-order valence-electron chi connectivity index (χ1n) is 6.92. The van der Waals surface area contributed by atoms with E-state index in [1.165, 1.54) is 0 Å². The van der Waals surface area contributed by atoms with Gasteiger partial charge in [0.1, 0.15) is 0 Å². The van der Waals surface area contributed by atoms with Crippen molar-refractivity contribution in [2.75, 3.05) is 13.2 Å². The Kier molecular flexibility index (Phi) is 4.92. The van der Waals surface area contributed by atoms with E-state index in [0.29, 0.717) is 36.0 Å². The lowest BCUT2D eigenvalue weighted by Crippen LogP contribution is -2.06. The Balaban J connectivity index is 2.18. The zero-order valence-electron chi connectivity index (χ0n) is 12.5. The van der Waals surface area contributed by atoms with E-state index in [1.54, 1.807) is 36.1 Å². The first kappa shape index (κ1) is 15.0. The molecule has 112 valence electrons. The van der Waals surface area contributed by atoms with E-state index < -0.39 is 0 Å². The van der Waals surface area contributed by atoms with Crippen molar-refractivity contribution in [3.05, 3.63) is 35.7 Å². The largest absolute Gasteiger partial charge is 0.490 e. The summed E-state index contributed by atoms with van der Waals surface area (Å²) < 4.78 is 12.6. The average Bonchev–Trinajstić information content (AvgIpc) is 2.86. The van der Waals surface area contributed by atoms with E-state index >= 15 is 0 Å². The molecule has 0 fully saturated rings. The Morgan fingerprint density at radius 2 is 1.90 bits per heavy atom. The van der Waals surface area contributed by atoms with Crippen molar-refractivity contribution in [3.63, 3.8) is 0 Å². The third kappa shape index (κ3) is 3.81. The summed E-state index contributed by atoms with van der Waals surface area (Å²) in [6.07, 6.45) is 1.95. The highest BCUT2D eigenvalue weighted by Gasteiger charge is 2.13. The maximum Gasteiger partial charge on any atom is 0.169 e. The Labute approximate surface area is 123 Å². The van der Waals surface area contributed by atoms with Gasteiger partial charge in [-0.15, -0.1) is 5.10 Å². The van der Waals surface area contributed by atoms with Crippen LogP contribution in [0.1, 0.15) is 29.9 Å². The highest BCUT2D eigenvalue weighted by atomic mass is 16.5. The number of ketones is 1. The molecular formula is C15H19N3O3. The van der Waals surface area contributed by atoms with E-state index in [1.807, 2.05) is 13.8 Å². The molecule has 6 nitrogen and oxygen atoms in total. The molecule has 0 saturated heterocycles. The molecule has 0 radical (unpaired) electrons. The molecule has 1 aromatic carbocycles. The minimum atomic E-state index is -0.0282. The van der Waals surface area contributed by atoms with Gasteiger partial charge in [-0.1, -0.05) is 5.21 Å². The molecule has 0 spiro atoms. The predicted molar refractivity (Wildman–Crippen MR) is 77.8 cm³/mol. The van der Waals surface area contributed by atoms with E-state index in [2.05, 4.69) is 10.3 Å². The molecule has 0 unspecified atom stereocenters. The Bertz CT molecular complexity index is 622. The SMILES string of the molecule is CCOc1ccc(C(=O)Cc2cn(C)nn2)cc1OCC. The smallest absolute Gasteiger partial charge is 0.169 e. The van der Waals surface area contributed by atoms with Crippen LogP contribution in [0.5, 0.6) is 11.5 Å². The number of carbonyl (C=O) groups excluding carboxylic acids is 1. The van der Waals surface area contributed by atoms with Crippen LogP contribution in [0.2, 0.25) is 0 Å². The lowest BCUT2D eigenvalue weighted by atomic mass is 10.1. The summed E-state index contributed by atoms with van der Waals surface area (Å²) in [5.74, 6) is 1.21. The van der Waals surface area contributed by atoms with Crippen molar-refractivity contribution in [3.8, 4) is 11.5 Å². The van der Waals surface area contributed by atoms with Crippen LogP contribution in [-0.2, 0) is 13.5 Å². The van der Waals surface area contributed by atoms with Gasteiger partial charge >= 0.3 is 0 Å². The fourth-order valence-electron chi connectivity index (χ4n) is 1.97. The van der Waals surface area contributed by atoms with Crippen LogP contribution in [0.15, 0.2) is 24.4 Å². The summed E-state index contributed by atoms with van der Waals surface area (Å²) in [6.45, 7) is 4.86. The third-order valence-corrected chi connectivity index (χ3v) is 2.86. The first-order chi connectivity index (χ1) is 10.1. The van der Waals surface area contributed by atoms with Gasteiger partial charge in [-0.2, -0.15) is 0 Å². The van der Waals surface area contributed by atoms with E-state index in [-0.39, 0.29) is 12.2 Å². The fraction of sp³-hybridized carbons (Fsp3) is 0.400. The standard InChI is InChI=1S/C15H19N3O3/c1-4-20-14-7-6-11(8-15(14)21-5-2)13(19)9-12-10-18(3)17-16-12/h6-8,10H,4-5,9H2,1-3H3. The number of nitrogens with zero attached hydrogens (tertiary/aromatic N) is 3. The number of rotatable bonds is 7. The van der Waals surface area contributed by atoms with Crippen molar-refractivity contribution >= 4 is 5.78 Å². The average molecular weight is 289 g/mol. The molecule has 1 aromatic heterocycles. The minimum absolute atomic E-state index is 0.0282. The zero-order chi connectivity index (χ0) is 15.2. The van der Waals surface area contributed by atoms with Crippen molar-refractivity contribution in [2.24, 2.45) is 7.05 Å². The second-order valence-electron chi connectivity index (χ2n) is 4.51. The number of carbonyl (C=O) groups is 1. The van der Waals surface area contributed by atoms with Gasteiger partial charge in [0.05, 0.1) is 25.3 Å². The topological polar surface area (TPSA) is 66.2 Å². The monoisotopic (exact) mass is 289 g/mol. The maximum absolute atomic E-state index is 12.3. The summed E-state index contributed by atoms with van der Waals surface area (Å²) in [6, 6.07) is 5.22. The Hall–Kier alpha value is -2.37. The minimum Gasteiger partial charge on any atom is -0.490 e. The first-order valence-corrected chi connectivity index (χ1v) is 6.92. The maximum atomic E-state index is 12.3. The van der Waals surface area contributed by atoms with Crippen LogP contribution >= 0.6 is 0 Å². The summed E-state index contributed by atoms with van der Waals surface area (Å²) in [7, 11) is 1.77. The molecule has 0 amide bonds. The molecule has 21 heavy (non-hydrogen) atoms. The molecular weight excluding hydrogens is 270 g/mol. The molecule has 0 aliphatic carbocycles. The molecule has 0 bridgehead atoms. The summed E-state index contributed by atoms with van der Waals surface area (Å²) in [5.41, 5.74) is 1.22. The van der Waals surface area contributed by atoms with E-state index in [4.69, 9.17) is 9.47 Å². The summed E-state index contributed by atoms with van der Waals surface area (Å²) in [5, 5.41) is 7.74. The van der Waals surface area contributed by atoms with Gasteiger partial charge in [-0.3, -0.25) is 9.48 Å². The van der Waals surface area contributed by atoms with Crippen LogP contribution in [0.4, 0.5) is 0 Å². The summed E-state index contributed by atoms with van der Waals surface area (Å²) >= 11 is 0. The molecule has 0 N–H and O–H groups in total. The van der Waals surface area contributed by atoms with E-state index in [9.17, 15) is 4.79 Å².